The fraction of sp³-hybridized carbons (Fsp3) is 0.267. The van der Waals surface area contributed by atoms with Gasteiger partial charge in [-0.2, -0.15) is 0 Å². The van der Waals surface area contributed by atoms with Crippen molar-refractivity contribution < 1.29 is 9.53 Å². The fourth-order valence-electron chi connectivity index (χ4n) is 1.94. The SMILES string of the molecule is CCOC(=O)c1ccc(-c2ccc(N(C)NC)c(N)c2)s1. The zero-order chi connectivity index (χ0) is 15.4. The lowest BCUT2D eigenvalue weighted by molar-refractivity contribution is 0.0532. The molecule has 0 fully saturated rings. The van der Waals surface area contributed by atoms with Gasteiger partial charge < -0.3 is 15.5 Å². The molecule has 1 aromatic heterocycles. The van der Waals surface area contributed by atoms with E-state index in [1.165, 1.54) is 11.3 Å². The number of nitrogens with one attached hydrogen (secondary N) is 1. The number of ether oxygens (including phenoxy) is 1. The number of nitrogen functional groups attached to an aromatic ring is 1. The molecule has 0 saturated heterocycles. The maximum atomic E-state index is 11.7. The molecule has 0 bridgehead atoms. The third-order valence-electron chi connectivity index (χ3n) is 3.09. The van der Waals surface area contributed by atoms with Crippen molar-refractivity contribution in [1.29, 1.82) is 0 Å². The van der Waals surface area contributed by atoms with E-state index in [4.69, 9.17) is 10.5 Å². The molecule has 1 aromatic carbocycles. The van der Waals surface area contributed by atoms with E-state index in [-0.39, 0.29) is 5.97 Å². The lowest BCUT2D eigenvalue weighted by Crippen LogP contribution is -2.30. The third kappa shape index (κ3) is 3.34. The van der Waals surface area contributed by atoms with Gasteiger partial charge in [-0.25, -0.2) is 10.2 Å². The van der Waals surface area contributed by atoms with E-state index in [0.29, 0.717) is 17.2 Å². The van der Waals surface area contributed by atoms with Crippen LogP contribution in [0.25, 0.3) is 10.4 Å². The number of anilines is 2. The first-order chi connectivity index (χ1) is 10.1. The van der Waals surface area contributed by atoms with Crippen LogP contribution in [0.5, 0.6) is 0 Å². The minimum Gasteiger partial charge on any atom is -0.462 e. The molecule has 0 aliphatic carbocycles. The summed E-state index contributed by atoms with van der Waals surface area (Å²) in [6.07, 6.45) is 0. The van der Waals surface area contributed by atoms with Crippen molar-refractivity contribution in [1.82, 2.24) is 5.43 Å². The number of esters is 1. The van der Waals surface area contributed by atoms with Crippen molar-refractivity contribution >= 4 is 28.7 Å². The highest BCUT2D eigenvalue weighted by Gasteiger charge is 2.12. The van der Waals surface area contributed by atoms with Crippen molar-refractivity contribution in [2.75, 3.05) is 31.4 Å². The summed E-state index contributed by atoms with van der Waals surface area (Å²) in [6, 6.07) is 9.53. The zero-order valence-electron chi connectivity index (χ0n) is 12.3. The Kier molecular flexibility index (Phi) is 4.82. The molecule has 21 heavy (non-hydrogen) atoms. The summed E-state index contributed by atoms with van der Waals surface area (Å²) in [7, 11) is 3.73. The quantitative estimate of drug-likeness (QED) is 0.505. The van der Waals surface area contributed by atoms with E-state index >= 15 is 0 Å². The maximum Gasteiger partial charge on any atom is 0.348 e. The highest BCUT2D eigenvalue weighted by Crippen LogP contribution is 2.32. The smallest absolute Gasteiger partial charge is 0.348 e. The molecular weight excluding hydrogens is 286 g/mol. The fourth-order valence-corrected chi connectivity index (χ4v) is 2.83. The summed E-state index contributed by atoms with van der Waals surface area (Å²) >= 11 is 1.40. The average molecular weight is 305 g/mol. The predicted octanol–water partition coefficient (Wildman–Crippen LogP) is 2.74. The van der Waals surface area contributed by atoms with Crippen LogP contribution in [0.4, 0.5) is 11.4 Å². The second-order valence-corrected chi connectivity index (χ2v) is 5.52. The Morgan fingerprint density at radius 3 is 2.76 bits per heavy atom. The number of thiophene rings is 1. The number of carbonyl (C=O) groups excluding carboxylic acids is 1. The monoisotopic (exact) mass is 305 g/mol. The van der Waals surface area contributed by atoms with E-state index in [1.54, 1.807) is 13.0 Å². The minimum atomic E-state index is -0.284. The van der Waals surface area contributed by atoms with Gasteiger partial charge in [-0.05, 0) is 36.8 Å². The molecule has 0 saturated carbocycles. The lowest BCUT2D eigenvalue weighted by atomic mass is 10.1. The first-order valence-electron chi connectivity index (χ1n) is 6.64. The van der Waals surface area contributed by atoms with Crippen molar-refractivity contribution in [3.05, 3.63) is 35.2 Å². The Hall–Kier alpha value is -2.05. The molecule has 1 heterocycles. The van der Waals surface area contributed by atoms with Gasteiger partial charge in [0, 0.05) is 19.0 Å². The van der Waals surface area contributed by atoms with Gasteiger partial charge in [-0.1, -0.05) is 6.07 Å². The highest BCUT2D eigenvalue weighted by atomic mass is 32.1. The van der Waals surface area contributed by atoms with Gasteiger partial charge in [0.1, 0.15) is 4.88 Å². The molecular formula is C15H19N3O2S. The molecule has 0 spiro atoms. The first-order valence-corrected chi connectivity index (χ1v) is 7.46. The van der Waals surface area contributed by atoms with E-state index in [0.717, 1.165) is 16.1 Å². The Morgan fingerprint density at radius 2 is 2.14 bits per heavy atom. The van der Waals surface area contributed by atoms with Crippen LogP contribution in [0, 0.1) is 0 Å². The number of nitrogens with two attached hydrogens (primary N) is 1. The molecule has 0 aliphatic heterocycles. The predicted molar refractivity (Wildman–Crippen MR) is 87.6 cm³/mol. The molecule has 2 rings (SSSR count). The van der Waals surface area contributed by atoms with Crippen LogP contribution < -0.4 is 16.2 Å². The van der Waals surface area contributed by atoms with Crippen LogP contribution in [0.3, 0.4) is 0 Å². The van der Waals surface area contributed by atoms with Crippen LogP contribution in [0.2, 0.25) is 0 Å². The van der Waals surface area contributed by atoms with Crippen molar-refractivity contribution in [2.24, 2.45) is 0 Å². The van der Waals surface area contributed by atoms with Crippen LogP contribution in [-0.2, 0) is 4.74 Å². The summed E-state index contributed by atoms with van der Waals surface area (Å²) in [5.74, 6) is -0.284. The van der Waals surface area contributed by atoms with E-state index in [9.17, 15) is 4.79 Å². The molecule has 6 heteroatoms. The Bertz CT molecular complexity index is 640. The van der Waals surface area contributed by atoms with Crippen LogP contribution in [0.1, 0.15) is 16.6 Å². The minimum absolute atomic E-state index is 0.284. The van der Waals surface area contributed by atoms with Crippen LogP contribution in [-0.4, -0.2) is 26.7 Å². The van der Waals surface area contributed by atoms with Gasteiger partial charge in [0.25, 0.3) is 0 Å². The first kappa shape index (κ1) is 15.3. The van der Waals surface area contributed by atoms with Gasteiger partial charge in [-0.3, -0.25) is 0 Å². The van der Waals surface area contributed by atoms with Gasteiger partial charge >= 0.3 is 5.97 Å². The van der Waals surface area contributed by atoms with Gasteiger partial charge in [0.2, 0.25) is 0 Å². The lowest BCUT2D eigenvalue weighted by Gasteiger charge is -2.19. The Morgan fingerprint density at radius 1 is 1.38 bits per heavy atom. The van der Waals surface area contributed by atoms with Crippen LogP contribution >= 0.6 is 11.3 Å². The number of hydrazine groups is 1. The summed E-state index contributed by atoms with van der Waals surface area (Å²) in [4.78, 5) is 13.3. The van der Waals surface area contributed by atoms with Crippen molar-refractivity contribution in [2.45, 2.75) is 6.92 Å². The molecule has 0 atom stereocenters. The second-order valence-electron chi connectivity index (χ2n) is 4.44. The van der Waals surface area contributed by atoms with E-state index < -0.39 is 0 Å². The topological polar surface area (TPSA) is 67.6 Å². The van der Waals surface area contributed by atoms with Gasteiger partial charge in [0.05, 0.1) is 18.0 Å². The Labute approximate surface area is 128 Å². The molecule has 0 amide bonds. The molecule has 2 aromatic rings. The normalized spacial score (nSPS) is 10.4. The number of carbonyl (C=O) groups is 1. The molecule has 112 valence electrons. The summed E-state index contributed by atoms with van der Waals surface area (Å²) < 4.78 is 5.00. The molecule has 5 nitrogen and oxygen atoms in total. The number of benzene rings is 1. The maximum absolute atomic E-state index is 11.7. The molecule has 0 aliphatic rings. The number of hydrogen-bond acceptors (Lipinski definition) is 6. The number of hydrogen-bond donors (Lipinski definition) is 2. The number of nitrogens with zero attached hydrogens (tertiary/aromatic N) is 1. The van der Waals surface area contributed by atoms with Crippen LogP contribution in [0.15, 0.2) is 30.3 Å². The average Bonchev–Trinajstić information content (AvgIpc) is 2.96. The Balaban J connectivity index is 2.27. The largest absolute Gasteiger partial charge is 0.462 e. The molecule has 3 N–H and O–H groups in total. The van der Waals surface area contributed by atoms with Crippen molar-refractivity contribution in [3.63, 3.8) is 0 Å². The molecule has 0 unspecified atom stereocenters. The zero-order valence-corrected chi connectivity index (χ0v) is 13.2. The highest BCUT2D eigenvalue weighted by molar-refractivity contribution is 7.17. The molecule has 0 radical (unpaired) electrons. The van der Waals surface area contributed by atoms with E-state index in [2.05, 4.69) is 5.43 Å². The van der Waals surface area contributed by atoms with Crippen molar-refractivity contribution in [3.8, 4) is 10.4 Å². The summed E-state index contributed by atoms with van der Waals surface area (Å²) in [5, 5.41) is 1.84. The van der Waals surface area contributed by atoms with Gasteiger partial charge in [-0.15, -0.1) is 11.3 Å². The summed E-state index contributed by atoms with van der Waals surface area (Å²) in [6.45, 7) is 2.17. The summed E-state index contributed by atoms with van der Waals surface area (Å²) in [5.41, 5.74) is 11.7. The number of rotatable bonds is 5. The standard InChI is InChI=1S/C15H19N3O2S/c1-4-20-15(19)14-8-7-13(21-14)10-5-6-12(11(16)9-10)18(3)17-2/h5-9,17H,4,16H2,1-3H3. The van der Waals surface area contributed by atoms with E-state index in [1.807, 2.05) is 43.4 Å². The van der Waals surface area contributed by atoms with Gasteiger partial charge in [0.15, 0.2) is 0 Å². The third-order valence-corrected chi connectivity index (χ3v) is 4.21. The second kappa shape index (κ2) is 6.60.